The molecule has 1 aliphatic heterocycles. The van der Waals surface area contributed by atoms with Crippen molar-refractivity contribution >= 4 is 17.7 Å². The van der Waals surface area contributed by atoms with E-state index in [2.05, 4.69) is 5.32 Å². The van der Waals surface area contributed by atoms with Crippen LogP contribution in [0.5, 0.6) is 0 Å². The number of hydrogen-bond donors (Lipinski definition) is 2. The molecule has 0 radical (unpaired) electrons. The summed E-state index contributed by atoms with van der Waals surface area (Å²) in [5, 5.41) is 12.7. The fourth-order valence-corrected chi connectivity index (χ4v) is 3.46. The highest BCUT2D eigenvalue weighted by Crippen LogP contribution is 2.24. The minimum absolute atomic E-state index is 0.272. The van der Waals surface area contributed by atoms with E-state index in [4.69, 9.17) is 5.11 Å². The molecule has 1 aliphatic rings. The van der Waals surface area contributed by atoms with Crippen molar-refractivity contribution in [3.63, 3.8) is 0 Å². The number of hydrogen-bond acceptors (Lipinski definition) is 3. The summed E-state index contributed by atoms with van der Waals surface area (Å²) in [4.78, 5) is 10.7. The smallest absolute Gasteiger partial charge is 0.338 e. The average molecular weight is 283 g/mol. The van der Waals surface area contributed by atoms with Crippen LogP contribution in [0.25, 0.3) is 0 Å². The van der Waals surface area contributed by atoms with Gasteiger partial charge in [-0.1, -0.05) is 12.5 Å². The standard InChI is InChI=1S/C14H18FNO2S/c15-13-7-10(4-5-12(13)14(17)18)8-16-9-11-3-1-2-6-19-11/h4-5,7,11,16H,1-3,6,8-9H2,(H,17,18). The molecule has 0 bridgehead atoms. The Morgan fingerprint density at radius 3 is 2.95 bits per heavy atom. The number of benzene rings is 1. The molecule has 19 heavy (non-hydrogen) atoms. The van der Waals surface area contributed by atoms with E-state index < -0.39 is 11.8 Å². The van der Waals surface area contributed by atoms with E-state index in [-0.39, 0.29) is 5.56 Å². The highest BCUT2D eigenvalue weighted by Gasteiger charge is 2.13. The van der Waals surface area contributed by atoms with E-state index in [1.54, 1.807) is 6.07 Å². The average Bonchev–Trinajstić information content (AvgIpc) is 2.39. The molecule has 1 aromatic carbocycles. The monoisotopic (exact) mass is 283 g/mol. The summed E-state index contributed by atoms with van der Waals surface area (Å²) >= 11 is 1.99. The molecule has 1 aromatic rings. The molecule has 0 amide bonds. The molecule has 1 unspecified atom stereocenters. The topological polar surface area (TPSA) is 49.3 Å². The molecule has 0 aromatic heterocycles. The molecule has 0 saturated carbocycles. The molecule has 1 heterocycles. The Kier molecular flexibility index (Phi) is 5.22. The van der Waals surface area contributed by atoms with Gasteiger partial charge in [-0.15, -0.1) is 0 Å². The Hall–Kier alpha value is -1.07. The normalized spacial score (nSPS) is 19.3. The third-order valence-corrected chi connectivity index (χ3v) is 4.64. The van der Waals surface area contributed by atoms with Crippen LogP contribution in [0.2, 0.25) is 0 Å². The molecule has 2 rings (SSSR count). The molecule has 5 heteroatoms. The SMILES string of the molecule is O=C(O)c1ccc(CNCC2CCCCS2)cc1F. The minimum atomic E-state index is -1.23. The fourth-order valence-electron chi connectivity index (χ4n) is 2.19. The van der Waals surface area contributed by atoms with Gasteiger partial charge in [-0.2, -0.15) is 11.8 Å². The van der Waals surface area contributed by atoms with Gasteiger partial charge in [-0.25, -0.2) is 9.18 Å². The van der Waals surface area contributed by atoms with Gasteiger partial charge in [0.1, 0.15) is 5.82 Å². The fraction of sp³-hybridized carbons (Fsp3) is 0.500. The third-order valence-electron chi connectivity index (χ3n) is 3.24. The summed E-state index contributed by atoms with van der Waals surface area (Å²) in [6.07, 6.45) is 3.84. The van der Waals surface area contributed by atoms with Gasteiger partial charge in [0.15, 0.2) is 0 Å². The van der Waals surface area contributed by atoms with Crippen LogP contribution < -0.4 is 5.32 Å². The maximum atomic E-state index is 13.5. The van der Waals surface area contributed by atoms with Gasteiger partial charge in [0, 0.05) is 18.3 Å². The molecule has 2 N–H and O–H groups in total. The summed E-state index contributed by atoms with van der Waals surface area (Å²) in [6.45, 7) is 1.50. The zero-order valence-corrected chi connectivity index (χ0v) is 11.5. The van der Waals surface area contributed by atoms with Crippen LogP contribution in [0.1, 0.15) is 35.2 Å². The van der Waals surface area contributed by atoms with Crippen LogP contribution in [0.15, 0.2) is 18.2 Å². The van der Waals surface area contributed by atoms with E-state index in [0.717, 1.165) is 12.1 Å². The van der Waals surface area contributed by atoms with Crippen molar-refractivity contribution in [2.75, 3.05) is 12.3 Å². The van der Waals surface area contributed by atoms with Gasteiger partial charge < -0.3 is 10.4 Å². The molecule has 1 saturated heterocycles. The number of thioether (sulfide) groups is 1. The van der Waals surface area contributed by atoms with Crippen LogP contribution in [-0.4, -0.2) is 28.6 Å². The van der Waals surface area contributed by atoms with Crippen LogP contribution in [0, 0.1) is 5.82 Å². The van der Waals surface area contributed by atoms with Crippen molar-refractivity contribution in [3.05, 3.63) is 35.1 Å². The van der Waals surface area contributed by atoms with E-state index in [1.807, 2.05) is 11.8 Å². The molecule has 1 fully saturated rings. The first kappa shape index (κ1) is 14.3. The largest absolute Gasteiger partial charge is 0.478 e. The maximum Gasteiger partial charge on any atom is 0.338 e. The lowest BCUT2D eigenvalue weighted by Crippen LogP contribution is -2.26. The number of carboxylic acid groups (broad SMARTS) is 1. The van der Waals surface area contributed by atoms with Crippen molar-refractivity contribution in [1.82, 2.24) is 5.32 Å². The van der Waals surface area contributed by atoms with Crippen LogP contribution in [0.3, 0.4) is 0 Å². The second-order valence-electron chi connectivity index (χ2n) is 4.74. The summed E-state index contributed by atoms with van der Waals surface area (Å²) in [5.74, 6) is -0.664. The van der Waals surface area contributed by atoms with E-state index in [1.165, 1.54) is 37.1 Å². The van der Waals surface area contributed by atoms with Gasteiger partial charge in [0.2, 0.25) is 0 Å². The Morgan fingerprint density at radius 1 is 1.47 bits per heavy atom. The Labute approximate surface area is 116 Å². The Morgan fingerprint density at radius 2 is 2.32 bits per heavy atom. The summed E-state index contributed by atoms with van der Waals surface area (Å²) in [7, 11) is 0. The third kappa shape index (κ3) is 4.21. The molecule has 3 nitrogen and oxygen atoms in total. The van der Waals surface area contributed by atoms with E-state index in [9.17, 15) is 9.18 Å². The molecule has 1 atom stereocenters. The number of rotatable bonds is 5. The van der Waals surface area contributed by atoms with Crippen molar-refractivity contribution < 1.29 is 14.3 Å². The predicted octanol–water partition coefficient (Wildman–Crippen LogP) is 2.90. The van der Waals surface area contributed by atoms with Gasteiger partial charge in [0.05, 0.1) is 5.56 Å². The Bertz CT molecular complexity index is 447. The molecule has 104 valence electrons. The first-order valence-electron chi connectivity index (χ1n) is 6.51. The van der Waals surface area contributed by atoms with Crippen molar-refractivity contribution in [3.8, 4) is 0 Å². The lowest BCUT2D eigenvalue weighted by molar-refractivity contribution is 0.0692. The summed E-state index contributed by atoms with van der Waals surface area (Å²) in [5.41, 5.74) is 0.509. The zero-order valence-electron chi connectivity index (χ0n) is 10.7. The molecule has 0 aliphatic carbocycles. The van der Waals surface area contributed by atoms with E-state index >= 15 is 0 Å². The molecular weight excluding hydrogens is 265 g/mol. The lowest BCUT2D eigenvalue weighted by Gasteiger charge is -2.21. The Balaban J connectivity index is 1.82. The molecular formula is C14H18FNO2S. The van der Waals surface area contributed by atoms with Crippen LogP contribution >= 0.6 is 11.8 Å². The highest BCUT2D eigenvalue weighted by atomic mass is 32.2. The van der Waals surface area contributed by atoms with Gasteiger partial charge in [0.25, 0.3) is 0 Å². The van der Waals surface area contributed by atoms with Gasteiger partial charge in [-0.05, 0) is 36.3 Å². The van der Waals surface area contributed by atoms with E-state index in [0.29, 0.717) is 11.8 Å². The van der Waals surface area contributed by atoms with Gasteiger partial charge >= 0.3 is 5.97 Å². The van der Waals surface area contributed by atoms with Gasteiger partial charge in [-0.3, -0.25) is 0 Å². The number of carbonyl (C=O) groups is 1. The van der Waals surface area contributed by atoms with Crippen LogP contribution in [0.4, 0.5) is 4.39 Å². The first-order valence-corrected chi connectivity index (χ1v) is 7.56. The second-order valence-corrected chi connectivity index (χ2v) is 6.15. The van der Waals surface area contributed by atoms with Crippen LogP contribution in [-0.2, 0) is 6.54 Å². The first-order chi connectivity index (χ1) is 9.16. The quantitative estimate of drug-likeness (QED) is 0.872. The van der Waals surface area contributed by atoms with Crippen molar-refractivity contribution in [1.29, 1.82) is 0 Å². The van der Waals surface area contributed by atoms with Crippen molar-refractivity contribution in [2.45, 2.75) is 31.1 Å². The number of nitrogens with one attached hydrogen (secondary N) is 1. The van der Waals surface area contributed by atoms with Crippen molar-refractivity contribution in [2.24, 2.45) is 0 Å². The zero-order chi connectivity index (χ0) is 13.7. The predicted molar refractivity (Wildman–Crippen MR) is 75.2 cm³/mol. The number of halogens is 1. The number of aromatic carboxylic acids is 1. The number of carboxylic acids is 1. The molecule has 0 spiro atoms. The second kappa shape index (κ2) is 6.91. The highest BCUT2D eigenvalue weighted by molar-refractivity contribution is 7.99. The lowest BCUT2D eigenvalue weighted by atomic mass is 10.1. The summed E-state index contributed by atoms with van der Waals surface area (Å²) < 4.78 is 13.5. The maximum absolute atomic E-state index is 13.5. The minimum Gasteiger partial charge on any atom is -0.478 e. The summed E-state index contributed by atoms with van der Waals surface area (Å²) in [6, 6.07) is 4.28.